The highest BCUT2D eigenvalue weighted by Gasteiger charge is 2.27. The van der Waals surface area contributed by atoms with Crippen molar-refractivity contribution in [3.05, 3.63) is 24.0 Å². The largest absolute Gasteiger partial charge is 0.427 e. The van der Waals surface area contributed by atoms with Crippen molar-refractivity contribution < 1.29 is 9.53 Å². The van der Waals surface area contributed by atoms with Crippen molar-refractivity contribution in [2.75, 3.05) is 0 Å². The number of ether oxygens (including phenoxy) is 1. The first-order valence-corrected chi connectivity index (χ1v) is 8.38. The minimum Gasteiger partial charge on any atom is -0.427 e. The van der Waals surface area contributed by atoms with E-state index in [1.165, 1.54) is 25.7 Å². The molecule has 2 nitrogen and oxygen atoms in total. The fourth-order valence-electron chi connectivity index (χ4n) is 2.96. The topological polar surface area (TPSA) is 26.3 Å². The molecule has 0 atom stereocenters. The van der Waals surface area contributed by atoms with Crippen LogP contribution in [0.2, 0.25) is 0 Å². The molecule has 2 heteroatoms. The molecule has 0 N–H and O–H groups in total. The molecule has 0 saturated heterocycles. The lowest BCUT2D eigenvalue weighted by molar-refractivity contribution is -0.145. The van der Waals surface area contributed by atoms with Crippen LogP contribution in [0, 0.1) is 11.8 Å². The van der Waals surface area contributed by atoms with Crippen LogP contribution in [0.25, 0.3) is 0 Å². The Labute approximate surface area is 124 Å². The minimum atomic E-state index is -0.0113. The zero-order valence-corrected chi connectivity index (χ0v) is 13.4. The lowest BCUT2D eigenvalue weighted by Gasteiger charge is -2.27. The maximum Gasteiger partial charge on any atom is 0.314 e. The van der Waals surface area contributed by atoms with Gasteiger partial charge in [0.15, 0.2) is 0 Å². The molecular weight excluding hydrogens is 248 g/mol. The Morgan fingerprint density at radius 2 is 1.90 bits per heavy atom. The first-order chi connectivity index (χ1) is 9.79. The molecule has 2 aliphatic carbocycles. The summed E-state index contributed by atoms with van der Waals surface area (Å²) in [6, 6.07) is 0. The second-order valence-electron chi connectivity index (χ2n) is 5.51. The summed E-state index contributed by atoms with van der Waals surface area (Å²) in [5.41, 5.74) is 0. The van der Waals surface area contributed by atoms with Crippen molar-refractivity contribution >= 4 is 5.97 Å². The average molecular weight is 278 g/mol. The molecule has 0 spiro atoms. The SMILES string of the molecule is CC.CCCC1CCC(C(=O)OC2=CCCC=C2)CC1. The van der Waals surface area contributed by atoms with Gasteiger partial charge in [-0.25, -0.2) is 0 Å². The molecule has 0 aliphatic heterocycles. The first-order valence-electron chi connectivity index (χ1n) is 8.38. The van der Waals surface area contributed by atoms with Crippen LogP contribution in [-0.2, 0) is 9.53 Å². The molecule has 2 rings (SSSR count). The van der Waals surface area contributed by atoms with Crippen LogP contribution in [-0.4, -0.2) is 5.97 Å². The lowest BCUT2D eigenvalue weighted by Crippen LogP contribution is -2.23. The van der Waals surface area contributed by atoms with Crippen LogP contribution < -0.4 is 0 Å². The number of carbonyl (C=O) groups excluding carboxylic acids is 1. The highest BCUT2D eigenvalue weighted by molar-refractivity contribution is 5.74. The van der Waals surface area contributed by atoms with E-state index in [2.05, 4.69) is 13.0 Å². The van der Waals surface area contributed by atoms with Crippen LogP contribution in [0.1, 0.15) is 72.1 Å². The van der Waals surface area contributed by atoms with Gasteiger partial charge in [0.1, 0.15) is 5.76 Å². The van der Waals surface area contributed by atoms with E-state index in [9.17, 15) is 4.79 Å². The van der Waals surface area contributed by atoms with Crippen molar-refractivity contribution in [3.8, 4) is 0 Å². The molecule has 1 fully saturated rings. The molecule has 0 amide bonds. The standard InChI is InChI=1S/C16H24O2.C2H6/c1-2-6-13-9-11-14(12-10-13)16(17)18-15-7-4-3-5-8-15;1-2/h4,7-8,13-14H,2-3,5-6,9-12H2,1H3;1-2H3. The molecule has 0 heterocycles. The molecule has 1 saturated carbocycles. The summed E-state index contributed by atoms with van der Waals surface area (Å²) in [6.07, 6.45) is 15.1. The van der Waals surface area contributed by atoms with Crippen molar-refractivity contribution in [2.45, 2.75) is 72.1 Å². The van der Waals surface area contributed by atoms with Gasteiger partial charge in [-0.1, -0.05) is 39.7 Å². The van der Waals surface area contributed by atoms with E-state index in [0.717, 1.165) is 37.4 Å². The van der Waals surface area contributed by atoms with Crippen LogP contribution in [0.5, 0.6) is 0 Å². The van der Waals surface area contributed by atoms with Gasteiger partial charge in [0.2, 0.25) is 0 Å². The van der Waals surface area contributed by atoms with Crippen LogP contribution in [0.15, 0.2) is 24.0 Å². The lowest BCUT2D eigenvalue weighted by atomic mass is 9.80. The molecule has 0 bridgehead atoms. The Morgan fingerprint density at radius 1 is 1.20 bits per heavy atom. The maximum absolute atomic E-state index is 12.0. The van der Waals surface area contributed by atoms with Crippen LogP contribution in [0.3, 0.4) is 0 Å². The summed E-state index contributed by atoms with van der Waals surface area (Å²) in [5.74, 6) is 1.71. The first kappa shape index (κ1) is 17.0. The zero-order chi connectivity index (χ0) is 14.8. The second kappa shape index (κ2) is 9.79. The predicted octanol–water partition coefficient (Wildman–Crippen LogP) is 5.40. The van der Waals surface area contributed by atoms with Gasteiger partial charge in [0.05, 0.1) is 5.92 Å². The molecule has 0 aromatic carbocycles. The summed E-state index contributed by atoms with van der Waals surface area (Å²) in [7, 11) is 0. The molecular formula is C18H30O2. The summed E-state index contributed by atoms with van der Waals surface area (Å²) < 4.78 is 5.46. The van der Waals surface area contributed by atoms with Gasteiger partial charge in [-0.15, -0.1) is 0 Å². The van der Waals surface area contributed by atoms with E-state index < -0.39 is 0 Å². The Morgan fingerprint density at radius 3 is 2.45 bits per heavy atom. The molecule has 0 aromatic heterocycles. The van der Waals surface area contributed by atoms with Crippen LogP contribution in [0.4, 0.5) is 0 Å². The van der Waals surface area contributed by atoms with E-state index in [0.29, 0.717) is 0 Å². The van der Waals surface area contributed by atoms with Gasteiger partial charge in [-0.05, 0) is 56.6 Å². The van der Waals surface area contributed by atoms with Crippen molar-refractivity contribution in [2.24, 2.45) is 11.8 Å². The van der Waals surface area contributed by atoms with Gasteiger partial charge in [0.25, 0.3) is 0 Å². The van der Waals surface area contributed by atoms with Crippen molar-refractivity contribution in [1.82, 2.24) is 0 Å². The summed E-state index contributed by atoms with van der Waals surface area (Å²) in [5, 5.41) is 0. The highest BCUT2D eigenvalue weighted by Crippen LogP contribution is 2.32. The number of esters is 1. The third kappa shape index (κ3) is 5.52. The Balaban J connectivity index is 0.000000956. The summed E-state index contributed by atoms with van der Waals surface area (Å²) in [4.78, 5) is 12.0. The van der Waals surface area contributed by atoms with E-state index in [4.69, 9.17) is 4.74 Å². The van der Waals surface area contributed by atoms with Gasteiger partial charge in [-0.2, -0.15) is 0 Å². The smallest absolute Gasteiger partial charge is 0.314 e. The van der Waals surface area contributed by atoms with E-state index >= 15 is 0 Å². The summed E-state index contributed by atoms with van der Waals surface area (Å²) in [6.45, 7) is 6.24. The number of rotatable bonds is 4. The van der Waals surface area contributed by atoms with E-state index in [1.807, 2.05) is 26.0 Å². The zero-order valence-electron chi connectivity index (χ0n) is 13.4. The highest BCUT2D eigenvalue weighted by atomic mass is 16.5. The third-order valence-corrected chi connectivity index (χ3v) is 4.06. The number of hydrogen-bond acceptors (Lipinski definition) is 2. The van der Waals surface area contributed by atoms with Gasteiger partial charge in [-0.3, -0.25) is 4.79 Å². The molecule has 20 heavy (non-hydrogen) atoms. The van der Waals surface area contributed by atoms with Crippen molar-refractivity contribution in [1.29, 1.82) is 0 Å². The fourth-order valence-corrected chi connectivity index (χ4v) is 2.96. The summed E-state index contributed by atoms with van der Waals surface area (Å²) >= 11 is 0. The van der Waals surface area contributed by atoms with Gasteiger partial charge in [0, 0.05) is 0 Å². The molecule has 0 aromatic rings. The number of carbonyl (C=O) groups is 1. The molecule has 2 aliphatic rings. The molecule has 114 valence electrons. The Hall–Kier alpha value is -1.05. The van der Waals surface area contributed by atoms with E-state index in [-0.39, 0.29) is 11.9 Å². The number of hydrogen-bond donors (Lipinski definition) is 0. The Bertz CT molecular complexity index is 333. The quantitative estimate of drug-likeness (QED) is 0.644. The van der Waals surface area contributed by atoms with Crippen molar-refractivity contribution in [3.63, 3.8) is 0 Å². The van der Waals surface area contributed by atoms with E-state index in [1.54, 1.807) is 0 Å². The van der Waals surface area contributed by atoms with Crippen LogP contribution >= 0.6 is 0 Å². The normalized spacial score (nSPS) is 25.2. The Kier molecular flexibility index (Phi) is 8.32. The monoisotopic (exact) mass is 278 g/mol. The fraction of sp³-hybridized carbons (Fsp3) is 0.722. The second-order valence-corrected chi connectivity index (χ2v) is 5.51. The minimum absolute atomic E-state index is 0.0113. The molecule has 0 radical (unpaired) electrons. The van der Waals surface area contributed by atoms with Gasteiger partial charge < -0.3 is 4.74 Å². The number of allylic oxidation sites excluding steroid dienone is 3. The predicted molar refractivity (Wildman–Crippen MR) is 84.3 cm³/mol. The third-order valence-electron chi connectivity index (χ3n) is 4.06. The average Bonchev–Trinajstić information content (AvgIpc) is 2.51. The van der Waals surface area contributed by atoms with Gasteiger partial charge >= 0.3 is 5.97 Å². The maximum atomic E-state index is 12.0. The molecule has 0 unspecified atom stereocenters.